The Kier molecular flexibility index (Phi) is 5.99. The number of benzene rings is 1. The number of fused-ring (bicyclic) bond motifs is 1. The fourth-order valence-electron chi connectivity index (χ4n) is 2.89. The number of hydrogen-bond donors (Lipinski definition) is 2. The Labute approximate surface area is 153 Å². The fraction of sp³-hybridized carbons (Fsp3) is 0.474. The van der Waals surface area contributed by atoms with E-state index >= 15 is 0 Å². The zero-order valence-electron chi connectivity index (χ0n) is 15.3. The molecule has 2 heterocycles. The highest BCUT2D eigenvalue weighted by atomic mass is 16.7. The van der Waals surface area contributed by atoms with E-state index in [9.17, 15) is 0 Å². The molecule has 1 aliphatic heterocycles. The number of nitrogens with one attached hydrogen (secondary N) is 1. The minimum atomic E-state index is 0.240. The molecular weight excluding hydrogens is 332 g/mol. The monoisotopic (exact) mass is 358 g/mol. The maximum absolute atomic E-state index is 5.89. The molecule has 1 aromatic heterocycles. The fourth-order valence-corrected chi connectivity index (χ4v) is 2.89. The molecule has 140 valence electrons. The summed E-state index contributed by atoms with van der Waals surface area (Å²) in [7, 11) is 0. The third kappa shape index (κ3) is 4.68. The van der Waals surface area contributed by atoms with Crippen LogP contribution in [-0.2, 0) is 6.42 Å². The van der Waals surface area contributed by atoms with Crippen molar-refractivity contribution in [2.24, 2.45) is 0 Å². The summed E-state index contributed by atoms with van der Waals surface area (Å²) in [4.78, 5) is 8.31. The summed E-state index contributed by atoms with van der Waals surface area (Å²) >= 11 is 0. The Morgan fingerprint density at radius 3 is 3.00 bits per heavy atom. The van der Waals surface area contributed by atoms with Crippen molar-refractivity contribution in [2.75, 3.05) is 24.5 Å². The summed E-state index contributed by atoms with van der Waals surface area (Å²) < 4.78 is 16.6. The predicted octanol–water partition coefficient (Wildman–Crippen LogP) is 3.40. The van der Waals surface area contributed by atoms with Crippen LogP contribution in [0.3, 0.4) is 0 Å². The standard InChI is InChI=1S/C19H26N4O3/c1-3-5-13(2)22-18-17(11-21-19(20)23-18)24-9-4-6-14-7-8-15-16(10-14)26-12-25-15/h7-8,10-11,13H,3-6,9,12H2,1-2H3,(H3,20,21,22,23). The van der Waals surface area contributed by atoms with Gasteiger partial charge in [-0.2, -0.15) is 4.98 Å². The summed E-state index contributed by atoms with van der Waals surface area (Å²) in [6.45, 7) is 5.13. The zero-order valence-corrected chi connectivity index (χ0v) is 15.3. The number of nitrogens with two attached hydrogens (primary N) is 1. The van der Waals surface area contributed by atoms with Gasteiger partial charge in [-0.15, -0.1) is 0 Å². The van der Waals surface area contributed by atoms with Gasteiger partial charge in [-0.3, -0.25) is 0 Å². The van der Waals surface area contributed by atoms with Crippen molar-refractivity contribution in [3.8, 4) is 17.2 Å². The minimum absolute atomic E-state index is 0.240. The first-order valence-electron chi connectivity index (χ1n) is 9.06. The van der Waals surface area contributed by atoms with Crippen molar-refractivity contribution < 1.29 is 14.2 Å². The van der Waals surface area contributed by atoms with Gasteiger partial charge in [0.15, 0.2) is 23.1 Å². The third-order valence-electron chi connectivity index (χ3n) is 4.18. The molecule has 0 saturated heterocycles. The van der Waals surface area contributed by atoms with E-state index in [1.165, 1.54) is 5.56 Å². The lowest BCUT2D eigenvalue weighted by atomic mass is 10.1. The van der Waals surface area contributed by atoms with Crippen LogP contribution in [0.4, 0.5) is 11.8 Å². The molecule has 7 nitrogen and oxygen atoms in total. The summed E-state index contributed by atoms with van der Waals surface area (Å²) in [5.74, 6) is 3.14. The van der Waals surface area contributed by atoms with Gasteiger partial charge in [0, 0.05) is 6.04 Å². The van der Waals surface area contributed by atoms with Crippen LogP contribution in [-0.4, -0.2) is 29.4 Å². The van der Waals surface area contributed by atoms with Crippen LogP contribution >= 0.6 is 0 Å². The van der Waals surface area contributed by atoms with Gasteiger partial charge >= 0.3 is 0 Å². The molecule has 26 heavy (non-hydrogen) atoms. The van der Waals surface area contributed by atoms with Crippen molar-refractivity contribution in [3.05, 3.63) is 30.0 Å². The molecule has 0 fully saturated rings. The second kappa shape index (κ2) is 8.60. The highest BCUT2D eigenvalue weighted by Crippen LogP contribution is 2.32. The van der Waals surface area contributed by atoms with Gasteiger partial charge in [0.05, 0.1) is 12.8 Å². The van der Waals surface area contributed by atoms with Gasteiger partial charge < -0.3 is 25.3 Å². The number of hydrogen-bond acceptors (Lipinski definition) is 7. The number of nitrogen functional groups attached to an aromatic ring is 1. The second-order valence-electron chi connectivity index (χ2n) is 6.41. The van der Waals surface area contributed by atoms with E-state index in [-0.39, 0.29) is 5.95 Å². The molecule has 0 aliphatic carbocycles. The average molecular weight is 358 g/mol. The lowest BCUT2D eigenvalue weighted by Gasteiger charge is -2.17. The van der Waals surface area contributed by atoms with Crippen LogP contribution < -0.4 is 25.3 Å². The zero-order chi connectivity index (χ0) is 18.4. The number of ether oxygens (including phenoxy) is 3. The lowest BCUT2D eigenvalue weighted by molar-refractivity contribution is 0.174. The highest BCUT2D eigenvalue weighted by Gasteiger charge is 2.13. The molecule has 0 saturated carbocycles. The number of rotatable bonds is 9. The van der Waals surface area contributed by atoms with Crippen LogP contribution in [0.5, 0.6) is 17.2 Å². The lowest BCUT2D eigenvalue weighted by Crippen LogP contribution is -2.17. The molecule has 7 heteroatoms. The number of aryl methyl sites for hydroxylation is 1. The first-order chi connectivity index (χ1) is 12.7. The quantitative estimate of drug-likeness (QED) is 0.664. The Balaban J connectivity index is 1.52. The molecule has 0 amide bonds. The van der Waals surface area contributed by atoms with E-state index < -0.39 is 0 Å². The maximum Gasteiger partial charge on any atom is 0.231 e. The molecule has 1 aromatic carbocycles. The van der Waals surface area contributed by atoms with E-state index in [0.29, 0.717) is 31.0 Å². The summed E-state index contributed by atoms with van der Waals surface area (Å²) in [5.41, 5.74) is 6.91. The molecule has 0 spiro atoms. The second-order valence-corrected chi connectivity index (χ2v) is 6.41. The van der Waals surface area contributed by atoms with Crippen LogP contribution in [0.1, 0.15) is 38.7 Å². The van der Waals surface area contributed by atoms with Crippen molar-refractivity contribution in [2.45, 2.75) is 45.6 Å². The SMILES string of the molecule is CCCC(C)Nc1nc(N)ncc1OCCCc1ccc2c(c1)OCO2. The topological polar surface area (TPSA) is 91.5 Å². The maximum atomic E-state index is 5.89. The van der Waals surface area contributed by atoms with E-state index in [0.717, 1.165) is 37.2 Å². The largest absolute Gasteiger partial charge is 0.488 e. The van der Waals surface area contributed by atoms with E-state index in [1.54, 1.807) is 6.20 Å². The Hall–Kier alpha value is -2.70. The van der Waals surface area contributed by atoms with Gasteiger partial charge in [0.1, 0.15) is 0 Å². The molecule has 0 radical (unpaired) electrons. The van der Waals surface area contributed by atoms with Crippen molar-refractivity contribution in [3.63, 3.8) is 0 Å². The van der Waals surface area contributed by atoms with Crippen molar-refractivity contribution in [1.29, 1.82) is 0 Å². The van der Waals surface area contributed by atoms with E-state index in [2.05, 4.69) is 35.2 Å². The van der Waals surface area contributed by atoms with Gasteiger partial charge in [-0.1, -0.05) is 19.4 Å². The predicted molar refractivity (Wildman–Crippen MR) is 101 cm³/mol. The van der Waals surface area contributed by atoms with Crippen molar-refractivity contribution in [1.82, 2.24) is 9.97 Å². The molecular formula is C19H26N4O3. The molecule has 3 rings (SSSR count). The molecule has 2 aromatic rings. The van der Waals surface area contributed by atoms with Gasteiger partial charge in [0.25, 0.3) is 0 Å². The first-order valence-corrected chi connectivity index (χ1v) is 9.06. The smallest absolute Gasteiger partial charge is 0.231 e. The number of aromatic nitrogens is 2. The minimum Gasteiger partial charge on any atom is -0.488 e. The molecule has 1 aliphatic rings. The number of nitrogens with zero attached hydrogens (tertiary/aromatic N) is 2. The van der Waals surface area contributed by atoms with Gasteiger partial charge in [0.2, 0.25) is 12.7 Å². The summed E-state index contributed by atoms with van der Waals surface area (Å²) in [6.07, 6.45) is 5.53. The van der Waals surface area contributed by atoms with Crippen molar-refractivity contribution >= 4 is 11.8 Å². The molecule has 0 bridgehead atoms. The Morgan fingerprint density at radius 1 is 1.31 bits per heavy atom. The molecule has 3 N–H and O–H groups in total. The molecule has 1 atom stereocenters. The normalized spacial score (nSPS) is 13.5. The number of anilines is 2. The Bertz CT molecular complexity index is 739. The van der Waals surface area contributed by atoms with Crippen LogP contribution in [0.25, 0.3) is 0 Å². The summed E-state index contributed by atoms with van der Waals surface area (Å²) in [6, 6.07) is 6.32. The van der Waals surface area contributed by atoms with E-state index in [4.69, 9.17) is 19.9 Å². The van der Waals surface area contributed by atoms with Gasteiger partial charge in [-0.05, 0) is 43.9 Å². The third-order valence-corrected chi connectivity index (χ3v) is 4.18. The Morgan fingerprint density at radius 2 is 2.15 bits per heavy atom. The van der Waals surface area contributed by atoms with Crippen LogP contribution in [0.2, 0.25) is 0 Å². The molecule has 1 unspecified atom stereocenters. The average Bonchev–Trinajstić information content (AvgIpc) is 3.08. The first kappa shape index (κ1) is 18.1. The van der Waals surface area contributed by atoms with E-state index in [1.807, 2.05) is 12.1 Å². The summed E-state index contributed by atoms with van der Waals surface area (Å²) in [5, 5.41) is 3.35. The van der Waals surface area contributed by atoms with Gasteiger partial charge in [-0.25, -0.2) is 4.98 Å². The van der Waals surface area contributed by atoms with Crippen LogP contribution in [0, 0.1) is 0 Å². The van der Waals surface area contributed by atoms with Crippen LogP contribution in [0.15, 0.2) is 24.4 Å². The highest BCUT2D eigenvalue weighted by molar-refractivity contribution is 5.51.